The number of anilines is 1. The van der Waals surface area contributed by atoms with Crippen molar-refractivity contribution in [2.75, 3.05) is 18.6 Å². The van der Waals surface area contributed by atoms with Crippen molar-refractivity contribution >= 4 is 46.9 Å². The number of phenolic OH excluding ortho intramolecular Hbond substituents is 1. The summed E-state index contributed by atoms with van der Waals surface area (Å²) < 4.78 is 5.48. The fraction of sp³-hybridized carbons (Fsp3) is 0.306. The van der Waals surface area contributed by atoms with Gasteiger partial charge < -0.3 is 14.9 Å². The number of ether oxygens (including phenoxy) is 1. The number of methoxy groups -OCH3 is 1. The van der Waals surface area contributed by atoms with Gasteiger partial charge in [-0.05, 0) is 60.2 Å². The summed E-state index contributed by atoms with van der Waals surface area (Å²) in [5, 5.41) is 20.2. The van der Waals surface area contributed by atoms with E-state index < -0.39 is 64.6 Å². The van der Waals surface area contributed by atoms with Crippen LogP contribution < -0.4 is 9.64 Å². The molecule has 2 saturated heterocycles. The highest BCUT2D eigenvalue weighted by Crippen LogP contribution is 2.64. The fourth-order valence-corrected chi connectivity index (χ4v) is 8.67. The van der Waals surface area contributed by atoms with Gasteiger partial charge in [0.15, 0.2) is 11.5 Å². The van der Waals surface area contributed by atoms with Crippen molar-refractivity contribution in [2.45, 2.75) is 30.6 Å². The molecule has 2 heterocycles. The number of benzene rings is 3. The Bertz CT molecular complexity index is 1880. The number of amides is 4. The molecule has 240 valence electrons. The minimum absolute atomic E-state index is 0.105. The molecule has 6 atom stereocenters. The van der Waals surface area contributed by atoms with Gasteiger partial charge in [0.2, 0.25) is 23.6 Å². The standard InChI is InChI=1S/C36H31ClN2O8/c1-47-28-16-19(10-13-27(28)40)31-23-11-12-24-30(34(45)38(32(24)43)15-14-29(41)42)25(23)18-26-33(44)39(22-9-5-8-21(37)17-22)35(46)36(26,31)20-6-3-2-4-7-20/h2-11,13,16-17,24-26,30-31,40H,12,14-15,18H2,1H3,(H,41,42)/t24-,25+,26-,30-,31-,36+/m0/s1. The highest BCUT2D eigenvalue weighted by atomic mass is 35.5. The van der Waals surface area contributed by atoms with Crippen LogP contribution in [-0.2, 0) is 29.4 Å². The van der Waals surface area contributed by atoms with Gasteiger partial charge in [0.25, 0.3) is 0 Å². The second-order valence-corrected chi connectivity index (χ2v) is 12.9. The van der Waals surface area contributed by atoms with Crippen molar-refractivity contribution in [3.63, 3.8) is 0 Å². The van der Waals surface area contributed by atoms with E-state index in [1.807, 2.05) is 36.4 Å². The van der Waals surface area contributed by atoms with Crippen molar-refractivity contribution in [3.05, 3.63) is 101 Å². The Labute approximate surface area is 275 Å². The number of carbonyl (C=O) groups excluding carboxylic acids is 4. The van der Waals surface area contributed by atoms with Gasteiger partial charge in [-0.15, -0.1) is 0 Å². The lowest BCUT2D eigenvalue weighted by Gasteiger charge is -2.50. The summed E-state index contributed by atoms with van der Waals surface area (Å²) in [6.45, 7) is -0.238. The quantitative estimate of drug-likeness (QED) is 0.276. The number of aliphatic carboxylic acids is 1. The largest absolute Gasteiger partial charge is 0.504 e. The Morgan fingerprint density at radius 3 is 2.43 bits per heavy atom. The van der Waals surface area contributed by atoms with E-state index in [0.29, 0.717) is 21.8 Å². The Kier molecular flexibility index (Phi) is 7.43. The highest BCUT2D eigenvalue weighted by molar-refractivity contribution is 6.32. The molecule has 0 spiro atoms. The van der Waals surface area contributed by atoms with Crippen molar-refractivity contribution in [3.8, 4) is 11.5 Å². The molecule has 1 saturated carbocycles. The molecule has 0 bridgehead atoms. The van der Waals surface area contributed by atoms with Gasteiger partial charge in [0.05, 0.1) is 42.4 Å². The van der Waals surface area contributed by atoms with Crippen molar-refractivity contribution in [1.29, 1.82) is 0 Å². The number of carbonyl (C=O) groups is 5. The van der Waals surface area contributed by atoms with Crippen LogP contribution in [0.4, 0.5) is 5.69 Å². The molecular formula is C36H31ClN2O8. The molecule has 0 unspecified atom stereocenters. The Hall–Kier alpha value is -4.96. The lowest BCUT2D eigenvalue weighted by molar-refractivity contribution is -0.142. The first-order valence-electron chi connectivity index (χ1n) is 15.4. The topological polar surface area (TPSA) is 142 Å². The summed E-state index contributed by atoms with van der Waals surface area (Å²) >= 11 is 6.34. The third-order valence-corrected chi connectivity index (χ3v) is 10.6. The normalized spacial score (nSPS) is 28.1. The zero-order chi connectivity index (χ0) is 33.2. The smallest absolute Gasteiger partial charge is 0.305 e. The number of imide groups is 2. The average Bonchev–Trinajstić information content (AvgIpc) is 3.44. The monoisotopic (exact) mass is 654 g/mol. The first kappa shape index (κ1) is 30.7. The minimum Gasteiger partial charge on any atom is -0.504 e. The Morgan fingerprint density at radius 2 is 1.72 bits per heavy atom. The summed E-state index contributed by atoms with van der Waals surface area (Å²) in [6, 6.07) is 20.5. The molecule has 4 amide bonds. The number of aromatic hydroxyl groups is 1. The molecule has 4 aliphatic rings. The molecule has 2 N–H and O–H groups in total. The van der Waals surface area contributed by atoms with Crippen LogP contribution in [0.15, 0.2) is 84.4 Å². The first-order chi connectivity index (χ1) is 22.6. The predicted molar refractivity (Wildman–Crippen MR) is 170 cm³/mol. The van der Waals surface area contributed by atoms with E-state index in [9.17, 15) is 29.4 Å². The molecule has 0 aromatic heterocycles. The van der Waals surface area contributed by atoms with Gasteiger partial charge in [0, 0.05) is 17.5 Å². The maximum atomic E-state index is 15.2. The molecule has 3 fully saturated rings. The fourth-order valence-electron chi connectivity index (χ4n) is 8.49. The summed E-state index contributed by atoms with van der Waals surface area (Å²) in [5.41, 5.74) is 0.808. The lowest BCUT2D eigenvalue weighted by atomic mass is 9.49. The SMILES string of the molecule is COc1cc([C@H]2C3=CC[C@@H]4C(=O)N(CCC(=O)O)C(=O)[C@@H]4[C@@H]3C[C@H]3C(=O)N(c4cccc(Cl)c4)C(=O)[C@@]23c2ccccc2)ccc1O. The number of hydrogen-bond acceptors (Lipinski definition) is 7. The predicted octanol–water partition coefficient (Wildman–Crippen LogP) is 4.69. The van der Waals surface area contributed by atoms with E-state index in [0.717, 1.165) is 10.5 Å². The van der Waals surface area contributed by atoms with Crippen molar-refractivity contribution < 1.29 is 38.9 Å². The van der Waals surface area contributed by atoms with Gasteiger partial charge in [-0.1, -0.05) is 65.7 Å². The summed E-state index contributed by atoms with van der Waals surface area (Å²) in [7, 11) is 1.42. The second kappa shape index (κ2) is 11.4. The highest BCUT2D eigenvalue weighted by Gasteiger charge is 2.70. The molecule has 0 radical (unpaired) electrons. The number of phenols is 1. The number of carboxylic acids is 1. The average molecular weight is 655 g/mol. The van der Waals surface area contributed by atoms with E-state index in [1.165, 1.54) is 18.1 Å². The molecule has 3 aromatic carbocycles. The van der Waals surface area contributed by atoms with E-state index >= 15 is 4.79 Å². The Morgan fingerprint density at radius 1 is 0.957 bits per heavy atom. The minimum atomic E-state index is -1.47. The Balaban J connectivity index is 1.46. The number of rotatable bonds is 7. The summed E-state index contributed by atoms with van der Waals surface area (Å²) in [5.74, 6) is -6.70. The number of allylic oxidation sites excluding steroid dienone is 2. The summed E-state index contributed by atoms with van der Waals surface area (Å²) in [6.07, 6.45) is 1.87. The molecule has 7 rings (SSSR count). The van der Waals surface area contributed by atoms with Gasteiger partial charge in [-0.2, -0.15) is 0 Å². The van der Waals surface area contributed by atoms with E-state index in [2.05, 4.69) is 0 Å². The summed E-state index contributed by atoms with van der Waals surface area (Å²) in [4.78, 5) is 70.9. The lowest BCUT2D eigenvalue weighted by Crippen LogP contribution is -2.53. The number of likely N-dealkylation sites (tertiary alicyclic amines) is 1. The van der Waals surface area contributed by atoms with Crippen LogP contribution >= 0.6 is 11.6 Å². The van der Waals surface area contributed by atoms with Crippen molar-refractivity contribution in [1.82, 2.24) is 4.90 Å². The molecule has 3 aromatic rings. The maximum absolute atomic E-state index is 15.2. The first-order valence-corrected chi connectivity index (χ1v) is 15.8. The van der Waals surface area contributed by atoms with E-state index in [-0.39, 0.29) is 37.3 Å². The van der Waals surface area contributed by atoms with Crippen LogP contribution in [0.1, 0.15) is 36.3 Å². The number of halogens is 1. The molecule has 10 nitrogen and oxygen atoms in total. The molecular weight excluding hydrogens is 624 g/mol. The third-order valence-electron chi connectivity index (χ3n) is 10.3. The van der Waals surface area contributed by atoms with Crippen LogP contribution in [-0.4, -0.2) is 58.4 Å². The van der Waals surface area contributed by atoms with Crippen LogP contribution in [0.5, 0.6) is 11.5 Å². The zero-order valence-corrected chi connectivity index (χ0v) is 26.1. The zero-order valence-electron chi connectivity index (χ0n) is 25.3. The molecule has 47 heavy (non-hydrogen) atoms. The van der Waals surface area contributed by atoms with Crippen LogP contribution in [0.25, 0.3) is 0 Å². The van der Waals surface area contributed by atoms with Crippen LogP contribution in [0, 0.1) is 23.7 Å². The van der Waals surface area contributed by atoms with Gasteiger partial charge >= 0.3 is 5.97 Å². The van der Waals surface area contributed by atoms with Gasteiger partial charge in [0.1, 0.15) is 0 Å². The molecule has 2 aliphatic heterocycles. The van der Waals surface area contributed by atoms with Crippen LogP contribution in [0.3, 0.4) is 0 Å². The number of carboxylic acid groups (broad SMARTS) is 1. The number of nitrogens with zero attached hydrogens (tertiary/aromatic N) is 2. The van der Waals surface area contributed by atoms with Gasteiger partial charge in [-0.3, -0.25) is 28.9 Å². The third kappa shape index (κ3) is 4.49. The number of hydrogen-bond donors (Lipinski definition) is 2. The maximum Gasteiger partial charge on any atom is 0.305 e. The van der Waals surface area contributed by atoms with E-state index in [4.69, 9.17) is 16.3 Å². The van der Waals surface area contributed by atoms with E-state index in [1.54, 1.807) is 36.4 Å². The molecule has 2 aliphatic carbocycles. The second-order valence-electron chi connectivity index (χ2n) is 12.5. The molecule has 11 heteroatoms. The van der Waals surface area contributed by atoms with Gasteiger partial charge in [-0.25, -0.2) is 4.90 Å². The van der Waals surface area contributed by atoms with Crippen LogP contribution in [0.2, 0.25) is 5.02 Å². The number of fused-ring (bicyclic) bond motifs is 4. The van der Waals surface area contributed by atoms with Crippen molar-refractivity contribution in [2.24, 2.45) is 23.7 Å².